The average molecular weight is 429 g/mol. The molecule has 8 heteroatoms. The topological polar surface area (TPSA) is 78.9 Å². The number of thiazole rings is 1. The normalized spacial score (nSPS) is 10.5. The van der Waals surface area contributed by atoms with E-state index in [4.69, 9.17) is 18.9 Å². The highest BCUT2D eigenvalue weighted by Gasteiger charge is 2.19. The third kappa shape index (κ3) is 4.18. The van der Waals surface area contributed by atoms with Gasteiger partial charge in [0.05, 0.1) is 34.1 Å². The standard InChI is InChI=1S/C22H24N2O5S/c1-12-9-14(7-8-16(12)26-3)19-13(2)30-22(23-19)24-21(25)15-10-17(27-4)20(29-6)18(11-15)28-5/h7-11H,1-6H3,(H,23,24,25). The molecule has 7 nitrogen and oxygen atoms in total. The van der Waals surface area contributed by atoms with Gasteiger partial charge in [0, 0.05) is 16.0 Å². The minimum Gasteiger partial charge on any atom is -0.496 e. The molecule has 1 heterocycles. The van der Waals surface area contributed by atoms with Gasteiger partial charge in [-0.05, 0) is 49.7 Å². The second-order valence-electron chi connectivity index (χ2n) is 6.48. The summed E-state index contributed by atoms with van der Waals surface area (Å²) in [6, 6.07) is 9.10. The lowest BCUT2D eigenvalue weighted by Crippen LogP contribution is -2.12. The maximum Gasteiger partial charge on any atom is 0.257 e. The number of ether oxygens (including phenoxy) is 4. The third-order valence-electron chi connectivity index (χ3n) is 4.61. The zero-order valence-electron chi connectivity index (χ0n) is 17.8. The number of amides is 1. The van der Waals surface area contributed by atoms with Gasteiger partial charge in [-0.2, -0.15) is 0 Å². The molecular weight excluding hydrogens is 404 g/mol. The predicted molar refractivity (Wildman–Crippen MR) is 118 cm³/mol. The van der Waals surface area contributed by atoms with Gasteiger partial charge in [0.2, 0.25) is 5.75 Å². The second kappa shape index (κ2) is 9.04. The Morgan fingerprint density at radius 3 is 2.07 bits per heavy atom. The summed E-state index contributed by atoms with van der Waals surface area (Å²) in [6.07, 6.45) is 0. The summed E-state index contributed by atoms with van der Waals surface area (Å²) in [7, 11) is 6.17. The molecule has 1 aromatic heterocycles. The van der Waals surface area contributed by atoms with Crippen molar-refractivity contribution >= 4 is 22.4 Å². The van der Waals surface area contributed by atoms with Crippen LogP contribution in [-0.4, -0.2) is 39.3 Å². The Morgan fingerprint density at radius 1 is 0.900 bits per heavy atom. The van der Waals surface area contributed by atoms with E-state index in [1.807, 2.05) is 32.0 Å². The van der Waals surface area contributed by atoms with Gasteiger partial charge in [0.15, 0.2) is 16.6 Å². The summed E-state index contributed by atoms with van der Waals surface area (Å²) in [5, 5.41) is 3.37. The fraction of sp³-hybridized carbons (Fsp3) is 0.273. The zero-order chi connectivity index (χ0) is 21.8. The first-order chi connectivity index (χ1) is 14.4. The van der Waals surface area contributed by atoms with E-state index in [-0.39, 0.29) is 5.91 Å². The molecule has 3 rings (SSSR count). The van der Waals surface area contributed by atoms with Crippen molar-refractivity contribution in [2.45, 2.75) is 13.8 Å². The van der Waals surface area contributed by atoms with Gasteiger partial charge < -0.3 is 18.9 Å². The molecule has 0 aliphatic carbocycles. The van der Waals surface area contributed by atoms with E-state index < -0.39 is 0 Å². The highest BCUT2D eigenvalue weighted by Crippen LogP contribution is 2.39. The molecule has 0 atom stereocenters. The molecule has 0 saturated carbocycles. The smallest absolute Gasteiger partial charge is 0.257 e. The van der Waals surface area contributed by atoms with Gasteiger partial charge in [0.1, 0.15) is 5.75 Å². The summed E-state index contributed by atoms with van der Waals surface area (Å²) >= 11 is 1.41. The molecule has 0 radical (unpaired) electrons. The van der Waals surface area contributed by atoms with E-state index in [1.165, 1.54) is 32.7 Å². The molecule has 0 aliphatic rings. The molecule has 0 fully saturated rings. The molecule has 158 valence electrons. The van der Waals surface area contributed by atoms with E-state index in [9.17, 15) is 4.79 Å². The third-order valence-corrected chi connectivity index (χ3v) is 5.50. The largest absolute Gasteiger partial charge is 0.496 e. The van der Waals surface area contributed by atoms with Crippen LogP contribution in [0.25, 0.3) is 11.3 Å². The number of carbonyl (C=O) groups is 1. The molecule has 3 aromatic rings. The summed E-state index contributed by atoms with van der Waals surface area (Å²) in [5.41, 5.74) is 3.19. The van der Waals surface area contributed by atoms with Crippen molar-refractivity contribution in [1.82, 2.24) is 4.98 Å². The van der Waals surface area contributed by atoms with Crippen LogP contribution in [-0.2, 0) is 0 Å². The fourth-order valence-corrected chi connectivity index (χ4v) is 3.96. The molecule has 1 N–H and O–H groups in total. The molecule has 0 bridgehead atoms. The molecule has 0 unspecified atom stereocenters. The van der Waals surface area contributed by atoms with Crippen LogP contribution in [0.3, 0.4) is 0 Å². The van der Waals surface area contributed by atoms with Crippen LogP contribution in [0.2, 0.25) is 0 Å². The van der Waals surface area contributed by atoms with Crippen molar-refractivity contribution < 1.29 is 23.7 Å². The number of rotatable bonds is 7. The first-order valence-corrected chi connectivity index (χ1v) is 9.97. The van der Waals surface area contributed by atoms with E-state index in [1.54, 1.807) is 19.2 Å². The summed E-state index contributed by atoms with van der Waals surface area (Å²) in [6.45, 7) is 3.96. The van der Waals surface area contributed by atoms with Crippen molar-refractivity contribution in [2.75, 3.05) is 33.8 Å². The van der Waals surface area contributed by atoms with Gasteiger partial charge in [0.25, 0.3) is 5.91 Å². The first kappa shape index (κ1) is 21.4. The lowest BCUT2D eigenvalue weighted by molar-refractivity contribution is 0.102. The summed E-state index contributed by atoms with van der Waals surface area (Å²) in [4.78, 5) is 18.5. The average Bonchev–Trinajstić information content (AvgIpc) is 3.12. The van der Waals surface area contributed by atoms with Crippen molar-refractivity contribution in [1.29, 1.82) is 0 Å². The van der Waals surface area contributed by atoms with Crippen LogP contribution in [0.5, 0.6) is 23.0 Å². The van der Waals surface area contributed by atoms with Gasteiger partial charge in [-0.3, -0.25) is 10.1 Å². The number of methoxy groups -OCH3 is 4. The lowest BCUT2D eigenvalue weighted by Gasteiger charge is -2.13. The van der Waals surface area contributed by atoms with Crippen LogP contribution in [0.15, 0.2) is 30.3 Å². The number of anilines is 1. The summed E-state index contributed by atoms with van der Waals surface area (Å²) < 4.78 is 21.3. The Labute approximate surface area is 179 Å². The summed E-state index contributed by atoms with van der Waals surface area (Å²) in [5.74, 6) is 1.75. The van der Waals surface area contributed by atoms with Crippen LogP contribution in [0, 0.1) is 13.8 Å². The SMILES string of the molecule is COc1ccc(-c2nc(NC(=O)c3cc(OC)c(OC)c(OC)c3)sc2C)cc1C. The Morgan fingerprint density at radius 2 is 1.53 bits per heavy atom. The van der Waals surface area contributed by atoms with Crippen LogP contribution in [0.1, 0.15) is 20.8 Å². The molecular formula is C22H24N2O5S. The quantitative estimate of drug-likeness (QED) is 0.587. The zero-order valence-corrected chi connectivity index (χ0v) is 18.6. The molecule has 0 aliphatic heterocycles. The number of aryl methyl sites for hydroxylation is 2. The molecule has 0 saturated heterocycles. The van der Waals surface area contributed by atoms with Gasteiger partial charge >= 0.3 is 0 Å². The predicted octanol–water partition coefficient (Wildman–Crippen LogP) is 4.71. The van der Waals surface area contributed by atoms with E-state index in [0.29, 0.717) is 27.9 Å². The number of nitrogens with one attached hydrogen (secondary N) is 1. The molecule has 0 spiro atoms. The highest BCUT2D eigenvalue weighted by molar-refractivity contribution is 7.16. The lowest BCUT2D eigenvalue weighted by atomic mass is 10.1. The molecule has 2 aromatic carbocycles. The van der Waals surface area contributed by atoms with Gasteiger partial charge in [-0.1, -0.05) is 0 Å². The Balaban J connectivity index is 1.88. The number of aromatic nitrogens is 1. The van der Waals surface area contributed by atoms with Crippen LogP contribution < -0.4 is 24.3 Å². The number of benzene rings is 2. The Hall–Kier alpha value is -3.26. The minimum atomic E-state index is -0.319. The Kier molecular flexibility index (Phi) is 6.47. The molecule has 1 amide bonds. The van der Waals surface area contributed by atoms with Gasteiger partial charge in [-0.25, -0.2) is 4.98 Å². The van der Waals surface area contributed by atoms with Crippen LogP contribution >= 0.6 is 11.3 Å². The van der Waals surface area contributed by atoms with Crippen molar-refractivity contribution in [3.8, 4) is 34.3 Å². The van der Waals surface area contributed by atoms with E-state index in [0.717, 1.165) is 27.4 Å². The van der Waals surface area contributed by atoms with Gasteiger partial charge in [-0.15, -0.1) is 11.3 Å². The van der Waals surface area contributed by atoms with Crippen molar-refractivity contribution in [2.24, 2.45) is 0 Å². The number of carbonyl (C=O) groups excluding carboxylic acids is 1. The van der Waals surface area contributed by atoms with E-state index >= 15 is 0 Å². The second-order valence-corrected chi connectivity index (χ2v) is 7.68. The maximum atomic E-state index is 12.8. The molecule has 30 heavy (non-hydrogen) atoms. The van der Waals surface area contributed by atoms with Crippen LogP contribution in [0.4, 0.5) is 5.13 Å². The maximum absolute atomic E-state index is 12.8. The first-order valence-electron chi connectivity index (χ1n) is 9.15. The van der Waals surface area contributed by atoms with Crippen molar-refractivity contribution in [3.05, 3.63) is 46.3 Å². The number of hydrogen-bond acceptors (Lipinski definition) is 7. The number of nitrogens with zero attached hydrogens (tertiary/aromatic N) is 1. The Bertz CT molecular complexity index is 1050. The highest BCUT2D eigenvalue weighted by atomic mass is 32.1. The van der Waals surface area contributed by atoms with E-state index in [2.05, 4.69) is 10.3 Å². The number of hydrogen-bond donors (Lipinski definition) is 1. The fourth-order valence-electron chi connectivity index (χ4n) is 3.12. The minimum absolute atomic E-state index is 0.319. The monoisotopic (exact) mass is 428 g/mol. The van der Waals surface area contributed by atoms with Crippen molar-refractivity contribution in [3.63, 3.8) is 0 Å².